The van der Waals surface area contributed by atoms with Crippen LogP contribution in [0, 0.1) is 0 Å². The molecule has 11 nitrogen and oxygen atoms in total. The Labute approximate surface area is 189 Å². The third kappa shape index (κ3) is 4.93. The zero-order valence-corrected chi connectivity index (χ0v) is 17.8. The predicted octanol–water partition coefficient (Wildman–Crippen LogP) is 2.01. The minimum Gasteiger partial charge on any atom is -0.378 e. The summed E-state index contributed by atoms with van der Waals surface area (Å²) in [5, 5.41) is 5.80. The highest BCUT2D eigenvalue weighted by atomic mass is 16.5. The van der Waals surface area contributed by atoms with Crippen molar-refractivity contribution in [3.8, 4) is 0 Å². The molecule has 0 radical (unpaired) electrons. The fourth-order valence-electron chi connectivity index (χ4n) is 3.46. The molecule has 1 aliphatic heterocycles. The number of ether oxygens (including phenoxy) is 1. The number of carbonyl (C=O) groups excluding carboxylic acids is 2. The molecule has 2 N–H and O–H groups in total. The van der Waals surface area contributed by atoms with Crippen LogP contribution in [0.4, 0.5) is 17.3 Å². The molecule has 4 heterocycles. The van der Waals surface area contributed by atoms with Crippen LogP contribution in [0.15, 0.2) is 43.1 Å². The highest BCUT2D eigenvalue weighted by Crippen LogP contribution is 2.39. The van der Waals surface area contributed by atoms with Gasteiger partial charge in [0, 0.05) is 19.0 Å². The van der Waals surface area contributed by atoms with Gasteiger partial charge >= 0.3 is 0 Å². The predicted molar refractivity (Wildman–Crippen MR) is 118 cm³/mol. The van der Waals surface area contributed by atoms with E-state index in [-0.39, 0.29) is 28.9 Å². The zero-order chi connectivity index (χ0) is 22.6. The molecule has 2 amide bonds. The first-order chi connectivity index (χ1) is 16.2. The Hall–Kier alpha value is -3.99. The van der Waals surface area contributed by atoms with E-state index in [1.807, 2.05) is 0 Å². The standard InChI is InChI=1S/C22H22N8O3/c31-21(29-18-3-1-2-16(27-18)22(32)30-6-8-33-9-7-30)19-20(26-15-10-23-13-24-11-15)25-12-17(28-19)14-4-5-14/h1-3,10-14H,4-9H2,(H,25,26)(H,27,29,31). The van der Waals surface area contributed by atoms with Gasteiger partial charge in [-0.1, -0.05) is 6.07 Å². The van der Waals surface area contributed by atoms with E-state index in [2.05, 4.69) is 35.6 Å². The van der Waals surface area contributed by atoms with E-state index >= 15 is 0 Å². The fourth-order valence-corrected chi connectivity index (χ4v) is 3.46. The van der Waals surface area contributed by atoms with E-state index in [9.17, 15) is 9.59 Å². The fraction of sp³-hybridized carbons (Fsp3) is 0.318. The smallest absolute Gasteiger partial charge is 0.279 e. The second kappa shape index (κ2) is 9.25. The van der Waals surface area contributed by atoms with Crippen molar-refractivity contribution < 1.29 is 14.3 Å². The van der Waals surface area contributed by atoms with Gasteiger partial charge in [-0.2, -0.15) is 0 Å². The Morgan fingerprint density at radius 1 is 1.03 bits per heavy atom. The lowest BCUT2D eigenvalue weighted by Gasteiger charge is -2.26. The molecule has 0 bridgehead atoms. The van der Waals surface area contributed by atoms with Crippen molar-refractivity contribution in [1.82, 2.24) is 29.8 Å². The summed E-state index contributed by atoms with van der Waals surface area (Å²) in [7, 11) is 0. The molecule has 0 atom stereocenters. The molecule has 1 saturated heterocycles. The summed E-state index contributed by atoms with van der Waals surface area (Å²) < 4.78 is 5.30. The number of morpholine rings is 1. The molecule has 3 aromatic heterocycles. The maximum absolute atomic E-state index is 13.2. The largest absolute Gasteiger partial charge is 0.378 e. The first-order valence-corrected chi connectivity index (χ1v) is 10.7. The first kappa shape index (κ1) is 20.9. The van der Waals surface area contributed by atoms with E-state index in [0.29, 0.717) is 37.9 Å². The quantitative estimate of drug-likeness (QED) is 0.583. The highest BCUT2D eigenvalue weighted by molar-refractivity contribution is 6.06. The summed E-state index contributed by atoms with van der Waals surface area (Å²) in [6.45, 7) is 2.03. The summed E-state index contributed by atoms with van der Waals surface area (Å²) in [6.07, 6.45) is 8.31. The molecular weight excluding hydrogens is 424 g/mol. The van der Waals surface area contributed by atoms with Crippen molar-refractivity contribution in [1.29, 1.82) is 0 Å². The molecule has 11 heteroatoms. The number of nitrogens with one attached hydrogen (secondary N) is 2. The number of amides is 2. The minimum absolute atomic E-state index is 0.134. The SMILES string of the molecule is O=C(Nc1cccc(C(=O)N2CCOCC2)n1)c1nc(C2CC2)cnc1Nc1cncnc1. The van der Waals surface area contributed by atoms with Crippen LogP contribution in [0.1, 0.15) is 45.4 Å². The molecule has 33 heavy (non-hydrogen) atoms. The average Bonchev–Trinajstić information content (AvgIpc) is 3.71. The zero-order valence-electron chi connectivity index (χ0n) is 17.8. The van der Waals surface area contributed by atoms with Crippen LogP contribution < -0.4 is 10.6 Å². The van der Waals surface area contributed by atoms with Crippen LogP contribution in [-0.2, 0) is 4.74 Å². The second-order valence-electron chi connectivity index (χ2n) is 7.79. The number of anilines is 3. The second-order valence-corrected chi connectivity index (χ2v) is 7.79. The summed E-state index contributed by atoms with van der Waals surface area (Å²) in [6, 6.07) is 4.94. The Balaban J connectivity index is 1.37. The maximum Gasteiger partial charge on any atom is 0.279 e. The molecule has 0 aromatic carbocycles. The number of aromatic nitrogens is 5. The third-order valence-electron chi connectivity index (χ3n) is 5.33. The third-order valence-corrected chi connectivity index (χ3v) is 5.33. The van der Waals surface area contributed by atoms with Gasteiger partial charge in [0.05, 0.1) is 43.2 Å². The summed E-state index contributed by atoms with van der Waals surface area (Å²) in [5.74, 6) is 0.189. The van der Waals surface area contributed by atoms with Gasteiger partial charge < -0.3 is 20.3 Å². The molecule has 2 fully saturated rings. The lowest BCUT2D eigenvalue weighted by molar-refractivity contribution is 0.0299. The molecule has 3 aromatic rings. The number of carbonyl (C=O) groups is 2. The van der Waals surface area contributed by atoms with Crippen LogP contribution in [0.5, 0.6) is 0 Å². The van der Waals surface area contributed by atoms with Crippen molar-refractivity contribution in [3.05, 3.63) is 60.2 Å². The van der Waals surface area contributed by atoms with Crippen LogP contribution in [0.2, 0.25) is 0 Å². The summed E-state index contributed by atoms with van der Waals surface area (Å²) in [5.41, 5.74) is 1.75. The van der Waals surface area contributed by atoms with Gasteiger partial charge in [-0.25, -0.2) is 24.9 Å². The van der Waals surface area contributed by atoms with Crippen LogP contribution in [-0.4, -0.2) is 67.9 Å². The number of hydrogen-bond acceptors (Lipinski definition) is 9. The topological polar surface area (TPSA) is 135 Å². The Bertz CT molecular complexity index is 1160. The van der Waals surface area contributed by atoms with Gasteiger partial charge in [0.15, 0.2) is 11.5 Å². The molecule has 168 valence electrons. The van der Waals surface area contributed by atoms with Gasteiger partial charge in [0.25, 0.3) is 11.8 Å². The first-order valence-electron chi connectivity index (χ1n) is 10.7. The summed E-state index contributed by atoms with van der Waals surface area (Å²) >= 11 is 0. The van der Waals surface area contributed by atoms with E-state index in [0.717, 1.165) is 18.5 Å². The van der Waals surface area contributed by atoms with Crippen LogP contribution >= 0.6 is 0 Å². The lowest BCUT2D eigenvalue weighted by Crippen LogP contribution is -2.41. The average molecular weight is 446 g/mol. The molecule has 0 spiro atoms. The van der Waals surface area contributed by atoms with Gasteiger partial charge in [0.2, 0.25) is 0 Å². The highest BCUT2D eigenvalue weighted by Gasteiger charge is 2.28. The molecule has 0 unspecified atom stereocenters. The van der Waals surface area contributed by atoms with Gasteiger partial charge in [-0.3, -0.25) is 9.59 Å². The van der Waals surface area contributed by atoms with E-state index in [1.165, 1.54) is 6.33 Å². The number of hydrogen-bond donors (Lipinski definition) is 2. The lowest BCUT2D eigenvalue weighted by atomic mass is 10.2. The Kier molecular flexibility index (Phi) is 5.85. The Morgan fingerprint density at radius 2 is 1.82 bits per heavy atom. The van der Waals surface area contributed by atoms with E-state index in [1.54, 1.807) is 41.7 Å². The summed E-state index contributed by atoms with van der Waals surface area (Å²) in [4.78, 5) is 48.9. The van der Waals surface area contributed by atoms with Gasteiger partial charge in [-0.05, 0) is 25.0 Å². The molecule has 2 aliphatic rings. The Morgan fingerprint density at radius 3 is 2.58 bits per heavy atom. The molecule has 1 aliphatic carbocycles. The molecular formula is C22H22N8O3. The van der Waals surface area contributed by atoms with Gasteiger partial charge in [-0.15, -0.1) is 0 Å². The van der Waals surface area contributed by atoms with Crippen LogP contribution in [0.3, 0.4) is 0 Å². The van der Waals surface area contributed by atoms with Crippen molar-refractivity contribution >= 4 is 29.1 Å². The number of rotatable bonds is 6. The van der Waals surface area contributed by atoms with Gasteiger partial charge in [0.1, 0.15) is 17.8 Å². The van der Waals surface area contributed by atoms with Crippen molar-refractivity contribution in [2.75, 3.05) is 36.9 Å². The van der Waals surface area contributed by atoms with E-state index < -0.39 is 5.91 Å². The number of nitrogens with zero attached hydrogens (tertiary/aromatic N) is 6. The molecule has 1 saturated carbocycles. The van der Waals surface area contributed by atoms with Crippen molar-refractivity contribution in [2.24, 2.45) is 0 Å². The number of pyridine rings is 1. The molecule has 5 rings (SSSR count). The normalized spacial score (nSPS) is 15.7. The minimum atomic E-state index is -0.479. The monoisotopic (exact) mass is 446 g/mol. The van der Waals surface area contributed by atoms with Crippen molar-refractivity contribution in [3.63, 3.8) is 0 Å². The van der Waals surface area contributed by atoms with Crippen LogP contribution in [0.25, 0.3) is 0 Å². The van der Waals surface area contributed by atoms with E-state index in [4.69, 9.17) is 4.74 Å². The van der Waals surface area contributed by atoms with Crippen molar-refractivity contribution in [2.45, 2.75) is 18.8 Å². The maximum atomic E-state index is 13.2.